The molecule has 156 valence electrons. The van der Waals surface area contributed by atoms with E-state index in [2.05, 4.69) is 40.0 Å². The first kappa shape index (κ1) is 20.1. The van der Waals surface area contributed by atoms with Gasteiger partial charge in [-0.2, -0.15) is 14.4 Å². The SMILES string of the molecule is C#Cc1cc2c(cc1Cc1nc3c(N)nc(F)nc3n1CCNCC(C)C)OCC2. The number of halogens is 1. The van der Waals surface area contributed by atoms with Gasteiger partial charge in [-0.3, -0.25) is 0 Å². The molecule has 0 atom stereocenters. The lowest BCUT2D eigenvalue weighted by molar-refractivity contribution is 0.356. The summed E-state index contributed by atoms with van der Waals surface area (Å²) in [5, 5.41) is 3.40. The maximum absolute atomic E-state index is 13.9. The summed E-state index contributed by atoms with van der Waals surface area (Å²) in [5.41, 5.74) is 9.56. The van der Waals surface area contributed by atoms with E-state index >= 15 is 0 Å². The van der Waals surface area contributed by atoms with Crippen LogP contribution in [0.1, 0.15) is 36.4 Å². The Morgan fingerprint density at radius 1 is 1.33 bits per heavy atom. The van der Waals surface area contributed by atoms with E-state index in [1.165, 1.54) is 0 Å². The van der Waals surface area contributed by atoms with Crippen molar-refractivity contribution in [2.45, 2.75) is 33.2 Å². The molecule has 2 aromatic heterocycles. The second-order valence-electron chi connectivity index (χ2n) is 7.86. The van der Waals surface area contributed by atoms with Crippen molar-refractivity contribution in [1.82, 2.24) is 24.8 Å². The zero-order valence-corrected chi connectivity index (χ0v) is 17.2. The normalized spacial score (nSPS) is 12.9. The molecule has 0 spiro atoms. The summed E-state index contributed by atoms with van der Waals surface area (Å²) in [4.78, 5) is 12.2. The van der Waals surface area contributed by atoms with Gasteiger partial charge in [0.2, 0.25) is 0 Å². The fourth-order valence-corrected chi connectivity index (χ4v) is 3.71. The van der Waals surface area contributed by atoms with Crippen molar-refractivity contribution < 1.29 is 9.13 Å². The number of aromatic nitrogens is 4. The topological polar surface area (TPSA) is 90.9 Å². The number of nitrogens with two attached hydrogens (primary N) is 1. The van der Waals surface area contributed by atoms with Crippen LogP contribution < -0.4 is 15.8 Å². The molecule has 8 heteroatoms. The predicted molar refractivity (Wildman–Crippen MR) is 114 cm³/mol. The van der Waals surface area contributed by atoms with Crippen LogP contribution >= 0.6 is 0 Å². The van der Waals surface area contributed by atoms with Gasteiger partial charge in [0.15, 0.2) is 17.0 Å². The molecule has 30 heavy (non-hydrogen) atoms. The Labute approximate surface area is 174 Å². The average molecular weight is 408 g/mol. The van der Waals surface area contributed by atoms with Crippen LogP contribution in [0.15, 0.2) is 12.1 Å². The van der Waals surface area contributed by atoms with Crippen LogP contribution in [0, 0.1) is 24.3 Å². The van der Waals surface area contributed by atoms with E-state index in [9.17, 15) is 4.39 Å². The fraction of sp³-hybridized carbons (Fsp3) is 0.409. The summed E-state index contributed by atoms with van der Waals surface area (Å²) in [7, 11) is 0. The van der Waals surface area contributed by atoms with E-state index < -0.39 is 6.08 Å². The standard InChI is InChI=1S/C22H25FN6O/c1-4-14-9-15-5-8-30-17(15)10-16(14)11-18-26-19-20(24)27-22(23)28-21(19)29(18)7-6-25-12-13(2)3/h1,9-10,13,25H,5-8,11-12H2,2-3H3,(H2,24,27,28). The van der Waals surface area contributed by atoms with Gasteiger partial charge in [-0.05, 0) is 35.7 Å². The van der Waals surface area contributed by atoms with Crippen LogP contribution in [-0.4, -0.2) is 39.2 Å². The number of hydrogen-bond acceptors (Lipinski definition) is 6. The van der Waals surface area contributed by atoms with Gasteiger partial charge in [-0.25, -0.2) is 4.98 Å². The molecule has 3 N–H and O–H groups in total. The van der Waals surface area contributed by atoms with Crippen molar-refractivity contribution >= 4 is 17.0 Å². The Hall–Kier alpha value is -3.18. The number of ether oxygens (including phenoxy) is 1. The molecule has 0 amide bonds. The number of hydrogen-bond donors (Lipinski definition) is 2. The second kappa shape index (κ2) is 8.28. The summed E-state index contributed by atoms with van der Waals surface area (Å²) < 4.78 is 21.5. The zero-order valence-electron chi connectivity index (χ0n) is 17.2. The minimum atomic E-state index is -0.863. The van der Waals surface area contributed by atoms with Gasteiger partial charge in [-0.15, -0.1) is 6.42 Å². The highest BCUT2D eigenvalue weighted by atomic mass is 19.1. The number of terminal acetylenes is 1. The van der Waals surface area contributed by atoms with Crippen molar-refractivity contribution in [1.29, 1.82) is 0 Å². The quantitative estimate of drug-likeness (QED) is 0.354. The lowest BCUT2D eigenvalue weighted by atomic mass is 10.00. The number of benzene rings is 1. The van der Waals surface area contributed by atoms with Crippen LogP contribution in [-0.2, 0) is 19.4 Å². The number of imidazole rings is 1. The minimum absolute atomic E-state index is 0.0297. The van der Waals surface area contributed by atoms with Crippen molar-refractivity contribution in [2.75, 3.05) is 25.4 Å². The van der Waals surface area contributed by atoms with Crippen molar-refractivity contribution in [3.05, 3.63) is 40.7 Å². The highest BCUT2D eigenvalue weighted by Crippen LogP contribution is 2.30. The van der Waals surface area contributed by atoms with Crippen molar-refractivity contribution in [3.63, 3.8) is 0 Å². The van der Waals surface area contributed by atoms with Gasteiger partial charge in [0.25, 0.3) is 0 Å². The van der Waals surface area contributed by atoms with Crippen LogP contribution in [0.5, 0.6) is 5.75 Å². The molecular weight excluding hydrogens is 383 g/mol. The molecule has 0 unspecified atom stereocenters. The van der Waals surface area contributed by atoms with Gasteiger partial charge in [-0.1, -0.05) is 19.8 Å². The molecule has 0 fully saturated rings. The monoisotopic (exact) mass is 408 g/mol. The van der Waals surface area contributed by atoms with E-state index in [4.69, 9.17) is 16.9 Å². The lowest BCUT2D eigenvalue weighted by Crippen LogP contribution is -2.25. The van der Waals surface area contributed by atoms with Crippen LogP contribution in [0.3, 0.4) is 0 Å². The van der Waals surface area contributed by atoms with Crippen molar-refractivity contribution in [3.8, 4) is 18.1 Å². The average Bonchev–Trinajstić information content (AvgIpc) is 3.29. The second-order valence-corrected chi connectivity index (χ2v) is 7.86. The highest BCUT2D eigenvalue weighted by Gasteiger charge is 2.20. The number of fused-ring (bicyclic) bond motifs is 2. The summed E-state index contributed by atoms with van der Waals surface area (Å²) in [6.45, 7) is 7.10. The van der Waals surface area contributed by atoms with Crippen LogP contribution in [0.25, 0.3) is 11.2 Å². The van der Waals surface area contributed by atoms with E-state index in [1.807, 2.05) is 16.7 Å². The Morgan fingerprint density at radius 3 is 2.93 bits per heavy atom. The summed E-state index contributed by atoms with van der Waals surface area (Å²) in [6.07, 6.45) is 6.21. The van der Waals surface area contributed by atoms with Gasteiger partial charge in [0.05, 0.1) is 6.61 Å². The Kier molecular flexibility index (Phi) is 5.55. The number of anilines is 1. The Morgan fingerprint density at radius 2 is 2.17 bits per heavy atom. The first-order valence-electron chi connectivity index (χ1n) is 10.1. The molecule has 1 aliphatic heterocycles. The molecule has 0 saturated heterocycles. The molecular formula is C22H25FN6O. The molecule has 1 aromatic carbocycles. The largest absolute Gasteiger partial charge is 0.493 e. The minimum Gasteiger partial charge on any atom is -0.493 e. The summed E-state index contributed by atoms with van der Waals surface area (Å²) >= 11 is 0. The molecule has 0 saturated carbocycles. The first-order chi connectivity index (χ1) is 14.5. The summed E-state index contributed by atoms with van der Waals surface area (Å²) in [5.74, 6) is 4.89. The maximum atomic E-state index is 13.9. The Balaban J connectivity index is 1.72. The summed E-state index contributed by atoms with van der Waals surface area (Å²) in [6, 6.07) is 3.98. The molecule has 3 aromatic rings. The van der Waals surface area contributed by atoms with Crippen molar-refractivity contribution in [2.24, 2.45) is 5.92 Å². The molecule has 0 radical (unpaired) electrons. The van der Waals surface area contributed by atoms with E-state index in [-0.39, 0.29) is 5.82 Å². The molecule has 1 aliphatic rings. The molecule has 3 heterocycles. The number of nitrogen functional groups attached to an aromatic ring is 1. The third kappa shape index (κ3) is 3.94. The number of nitrogens with one attached hydrogen (secondary N) is 1. The smallest absolute Gasteiger partial charge is 0.312 e. The van der Waals surface area contributed by atoms with Crippen LogP contribution in [0.4, 0.5) is 10.2 Å². The molecule has 0 bridgehead atoms. The van der Waals surface area contributed by atoms with E-state index in [0.717, 1.165) is 35.4 Å². The predicted octanol–water partition coefficient (Wildman–Crippen LogP) is 2.30. The van der Waals surface area contributed by atoms with Gasteiger partial charge < -0.3 is 20.4 Å². The van der Waals surface area contributed by atoms with E-state index in [1.54, 1.807) is 0 Å². The molecule has 0 aliphatic carbocycles. The van der Waals surface area contributed by atoms with Crippen LogP contribution in [0.2, 0.25) is 0 Å². The molecule has 4 rings (SSSR count). The van der Waals surface area contributed by atoms with E-state index in [0.29, 0.717) is 49.0 Å². The van der Waals surface area contributed by atoms with Gasteiger partial charge in [0.1, 0.15) is 11.6 Å². The third-order valence-corrected chi connectivity index (χ3v) is 5.16. The zero-order chi connectivity index (χ0) is 21.3. The molecule has 7 nitrogen and oxygen atoms in total. The van der Waals surface area contributed by atoms with Gasteiger partial charge in [0, 0.05) is 31.5 Å². The fourth-order valence-electron chi connectivity index (χ4n) is 3.71. The number of nitrogens with zero attached hydrogens (tertiary/aromatic N) is 4. The Bertz CT molecular complexity index is 1130. The highest BCUT2D eigenvalue weighted by molar-refractivity contribution is 5.82. The third-order valence-electron chi connectivity index (χ3n) is 5.16. The maximum Gasteiger partial charge on any atom is 0.312 e. The lowest BCUT2D eigenvalue weighted by Gasteiger charge is -2.12. The number of rotatable bonds is 7. The van der Waals surface area contributed by atoms with Gasteiger partial charge >= 0.3 is 6.08 Å². The first-order valence-corrected chi connectivity index (χ1v) is 10.1.